The quantitative estimate of drug-likeness (QED) is 0.547. The number of halogens is 2. The summed E-state index contributed by atoms with van der Waals surface area (Å²) in [6.45, 7) is 1.06. The third kappa shape index (κ3) is 0.540. The summed E-state index contributed by atoms with van der Waals surface area (Å²) < 4.78 is 24.1. The number of aliphatic hydroxyl groups is 1. The van der Waals surface area contributed by atoms with Crippen LogP contribution in [-0.2, 0) is 0 Å². The minimum absolute atomic E-state index is 0.381. The predicted molar refractivity (Wildman–Crippen MR) is 24.7 cm³/mol. The maximum atomic E-state index is 12.0. The topological polar surface area (TPSA) is 20.2 Å². The monoisotopic (exact) mass is 122 g/mol. The van der Waals surface area contributed by atoms with Gasteiger partial charge in [-0.1, -0.05) is 6.92 Å². The fraction of sp³-hybridized carbons (Fsp3) is 1.00. The summed E-state index contributed by atoms with van der Waals surface area (Å²) in [5, 5.41) is 8.23. The van der Waals surface area contributed by atoms with Crippen molar-refractivity contribution in [3.63, 3.8) is 0 Å². The number of aliphatic hydroxyl groups excluding tert-OH is 1. The summed E-state index contributed by atoms with van der Waals surface area (Å²) >= 11 is 0. The molecular weight excluding hydrogens is 114 g/mol. The first kappa shape index (κ1) is 5.95. The normalized spacial score (nSPS) is 42.0. The predicted octanol–water partition coefficient (Wildman–Crippen LogP) is 0.880. The maximum absolute atomic E-state index is 12.0. The Hall–Kier alpha value is -0.180. The molecule has 1 aliphatic carbocycles. The Morgan fingerprint density at radius 3 is 2.00 bits per heavy atom. The summed E-state index contributed by atoms with van der Waals surface area (Å²) in [5.41, 5.74) is 0. The summed E-state index contributed by atoms with van der Waals surface area (Å²) in [6, 6.07) is 0. The molecular formula is C5H8F2O. The van der Waals surface area contributed by atoms with Crippen LogP contribution in [0.4, 0.5) is 8.78 Å². The molecule has 0 amide bonds. The molecule has 1 rings (SSSR count). The van der Waals surface area contributed by atoms with E-state index in [2.05, 4.69) is 0 Å². The Kier molecular flexibility index (Phi) is 1.05. The second-order valence-electron chi connectivity index (χ2n) is 2.25. The molecule has 0 bridgehead atoms. The SMILES string of the molecule is C[C@@H]1[C@@H](CO)C1(F)F. The van der Waals surface area contributed by atoms with Crippen LogP contribution < -0.4 is 0 Å². The van der Waals surface area contributed by atoms with Gasteiger partial charge in [-0.2, -0.15) is 0 Å². The van der Waals surface area contributed by atoms with Crippen LogP contribution in [-0.4, -0.2) is 17.6 Å². The molecule has 0 unspecified atom stereocenters. The Morgan fingerprint density at radius 1 is 1.62 bits per heavy atom. The molecule has 0 saturated heterocycles. The van der Waals surface area contributed by atoms with Gasteiger partial charge in [-0.05, 0) is 0 Å². The van der Waals surface area contributed by atoms with Crippen molar-refractivity contribution in [3.05, 3.63) is 0 Å². The first-order valence-electron chi connectivity index (χ1n) is 2.59. The maximum Gasteiger partial charge on any atom is 0.256 e. The molecule has 0 radical (unpaired) electrons. The van der Waals surface area contributed by atoms with Crippen molar-refractivity contribution in [1.82, 2.24) is 0 Å². The summed E-state index contributed by atoms with van der Waals surface area (Å²) in [6.07, 6.45) is 0. The molecule has 1 nitrogen and oxygen atoms in total. The van der Waals surface area contributed by atoms with Crippen LogP contribution in [0.2, 0.25) is 0 Å². The molecule has 1 fully saturated rings. The minimum Gasteiger partial charge on any atom is -0.396 e. The van der Waals surface area contributed by atoms with Gasteiger partial charge in [0.1, 0.15) is 0 Å². The lowest BCUT2D eigenvalue weighted by molar-refractivity contribution is 0.0739. The molecule has 2 atom stereocenters. The van der Waals surface area contributed by atoms with E-state index in [1.54, 1.807) is 0 Å². The van der Waals surface area contributed by atoms with Gasteiger partial charge in [-0.25, -0.2) is 8.78 Å². The number of hydrogen-bond donors (Lipinski definition) is 1. The van der Waals surface area contributed by atoms with Crippen molar-refractivity contribution in [2.75, 3.05) is 6.61 Å². The standard InChI is InChI=1S/C5H8F2O/c1-3-4(2-8)5(3,6)7/h3-4,8H,2H2,1H3/t3-,4-/m1/s1. The minimum atomic E-state index is -2.57. The van der Waals surface area contributed by atoms with Gasteiger partial charge < -0.3 is 5.11 Å². The highest BCUT2D eigenvalue weighted by Crippen LogP contribution is 2.54. The van der Waals surface area contributed by atoms with E-state index >= 15 is 0 Å². The summed E-state index contributed by atoms with van der Waals surface area (Å²) in [7, 11) is 0. The number of rotatable bonds is 1. The number of alkyl halides is 2. The average molecular weight is 122 g/mol. The third-order valence-electron chi connectivity index (χ3n) is 1.79. The van der Waals surface area contributed by atoms with Crippen LogP contribution in [0.5, 0.6) is 0 Å². The molecule has 0 aromatic heterocycles. The zero-order valence-electron chi connectivity index (χ0n) is 4.56. The highest BCUT2D eigenvalue weighted by atomic mass is 19.3. The molecule has 48 valence electrons. The van der Waals surface area contributed by atoms with Gasteiger partial charge in [0, 0.05) is 5.92 Å². The first-order valence-corrected chi connectivity index (χ1v) is 2.59. The Bertz CT molecular complexity index is 103. The number of hydrogen-bond acceptors (Lipinski definition) is 1. The van der Waals surface area contributed by atoms with Crippen LogP contribution >= 0.6 is 0 Å². The Labute approximate surface area is 46.3 Å². The van der Waals surface area contributed by atoms with Gasteiger partial charge in [0.2, 0.25) is 0 Å². The molecule has 0 heterocycles. The molecule has 0 spiro atoms. The van der Waals surface area contributed by atoms with E-state index in [4.69, 9.17) is 5.11 Å². The summed E-state index contributed by atoms with van der Waals surface area (Å²) in [4.78, 5) is 0. The fourth-order valence-corrected chi connectivity index (χ4v) is 0.840. The third-order valence-corrected chi connectivity index (χ3v) is 1.79. The molecule has 0 aliphatic heterocycles. The second-order valence-corrected chi connectivity index (χ2v) is 2.25. The molecule has 1 N–H and O–H groups in total. The van der Waals surface area contributed by atoms with Crippen molar-refractivity contribution in [2.45, 2.75) is 12.8 Å². The highest BCUT2D eigenvalue weighted by Gasteiger charge is 2.64. The Balaban J connectivity index is 2.45. The van der Waals surface area contributed by atoms with Crippen LogP contribution in [0.25, 0.3) is 0 Å². The first-order chi connectivity index (χ1) is 3.60. The molecule has 1 aliphatic rings. The van der Waals surface area contributed by atoms with Crippen molar-refractivity contribution < 1.29 is 13.9 Å². The smallest absolute Gasteiger partial charge is 0.256 e. The van der Waals surface area contributed by atoms with E-state index in [0.29, 0.717) is 0 Å². The van der Waals surface area contributed by atoms with Crippen molar-refractivity contribution in [3.8, 4) is 0 Å². The van der Waals surface area contributed by atoms with Crippen molar-refractivity contribution in [1.29, 1.82) is 0 Å². The zero-order valence-corrected chi connectivity index (χ0v) is 4.56. The van der Waals surface area contributed by atoms with E-state index < -0.39 is 17.8 Å². The van der Waals surface area contributed by atoms with E-state index in [9.17, 15) is 8.78 Å². The van der Waals surface area contributed by atoms with Crippen LogP contribution in [0.3, 0.4) is 0 Å². The van der Waals surface area contributed by atoms with Crippen molar-refractivity contribution in [2.24, 2.45) is 11.8 Å². The molecule has 8 heavy (non-hydrogen) atoms. The van der Waals surface area contributed by atoms with Gasteiger partial charge in [0.25, 0.3) is 5.92 Å². The van der Waals surface area contributed by atoms with Gasteiger partial charge in [0.05, 0.1) is 12.5 Å². The van der Waals surface area contributed by atoms with Crippen LogP contribution in [0.1, 0.15) is 6.92 Å². The molecule has 0 aromatic rings. The van der Waals surface area contributed by atoms with E-state index in [1.165, 1.54) is 6.92 Å². The second kappa shape index (κ2) is 1.41. The lowest BCUT2D eigenvalue weighted by Crippen LogP contribution is -1.96. The fourth-order valence-electron chi connectivity index (χ4n) is 0.840. The molecule has 1 saturated carbocycles. The average Bonchev–Trinajstić information content (AvgIpc) is 2.09. The van der Waals surface area contributed by atoms with Crippen LogP contribution in [0, 0.1) is 11.8 Å². The lowest BCUT2D eigenvalue weighted by atomic mass is 10.4. The highest BCUT2D eigenvalue weighted by molar-refractivity contribution is 5.01. The van der Waals surface area contributed by atoms with Gasteiger partial charge in [-0.15, -0.1) is 0 Å². The van der Waals surface area contributed by atoms with E-state index in [1.807, 2.05) is 0 Å². The largest absolute Gasteiger partial charge is 0.396 e. The lowest BCUT2D eigenvalue weighted by Gasteiger charge is -1.87. The molecule has 0 aromatic carbocycles. The van der Waals surface area contributed by atoms with Gasteiger partial charge in [0.15, 0.2) is 0 Å². The Morgan fingerprint density at radius 2 is 2.00 bits per heavy atom. The van der Waals surface area contributed by atoms with Gasteiger partial charge >= 0.3 is 0 Å². The van der Waals surface area contributed by atoms with Gasteiger partial charge in [-0.3, -0.25) is 0 Å². The van der Waals surface area contributed by atoms with Crippen molar-refractivity contribution >= 4 is 0 Å². The van der Waals surface area contributed by atoms with E-state index in [-0.39, 0.29) is 6.61 Å². The van der Waals surface area contributed by atoms with Crippen LogP contribution in [0.15, 0.2) is 0 Å². The zero-order chi connectivity index (χ0) is 6.36. The summed E-state index contributed by atoms with van der Waals surface area (Å²) in [5.74, 6) is -3.94. The van der Waals surface area contributed by atoms with E-state index in [0.717, 1.165) is 0 Å². The molecule has 3 heteroatoms.